The lowest BCUT2D eigenvalue weighted by molar-refractivity contribution is -0.124. The van der Waals surface area contributed by atoms with Gasteiger partial charge < -0.3 is 15.4 Å². The van der Waals surface area contributed by atoms with Crippen LogP contribution in [0.1, 0.15) is 12.8 Å². The molecular formula is C8H12N2O4. The van der Waals surface area contributed by atoms with Gasteiger partial charge in [-0.15, -0.1) is 0 Å². The topological polar surface area (TPSA) is 84.5 Å². The lowest BCUT2D eigenvalue weighted by Gasteiger charge is -2.12. The SMILES string of the molecule is COC(=O)N[C@H]1CC(=O)NCCC1=O. The van der Waals surface area contributed by atoms with Crippen molar-refractivity contribution in [2.75, 3.05) is 13.7 Å². The molecule has 0 aromatic rings. The largest absolute Gasteiger partial charge is 0.453 e. The fourth-order valence-electron chi connectivity index (χ4n) is 1.20. The molecule has 1 heterocycles. The zero-order valence-corrected chi connectivity index (χ0v) is 7.83. The van der Waals surface area contributed by atoms with Crippen molar-refractivity contribution in [2.24, 2.45) is 0 Å². The highest BCUT2D eigenvalue weighted by Gasteiger charge is 2.26. The number of methoxy groups -OCH3 is 1. The summed E-state index contributed by atoms with van der Waals surface area (Å²) < 4.78 is 4.34. The van der Waals surface area contributed by atoms with Gasteiger partial charge in [-0.1, -0.05) is 0 Å². The van der Waals surface area contributed by atoms with Crippen LogP contribution in [0.3, 0.4) is 0 Å². The van der Waals surface area contributed by atoms with Crippen LogP contribution in [-0.2, 0) is 14.3 Å². The molecule has 1 fully saturated rings. The zero-order valence-electron chi connectivity index (χ0n) is 7.83. The van der Waals surface area contributed by atoms with E-state index in [0.717, 1.165) is 0 Å². The molecule has 0 aromatic heterocycles. The number of carbonyl (C=O) groups is 3. The van der Waals surface area contributed by atoms with E-state index in [0.29, 0.717) is 6.54 Å². The highest BCUT2D eigenvalue weighted by Crippen LogP contribution is 2.02. The lowest BCUT2D eigenvalue weighted by Crippen LogP contribution is -2.41. The van der Waals surface area contributed by atoms with E-state index in [2.05, 4.69) is 15.4 Å². The third kappa shape index (κ3) is 2.72. The first-order chi connectivity index (χ1) is 6.63. The maximum Gasteiger partial charge on any atom is 0.407 e. The van der Waals surface area contributed by atoms with Crippen molar-refractivity contribution >= 4 is 17.8 Å². The van der Waals surface area contributed by atoms with Crippen molar-refractivity contribution in [3.8, 4) is 0 Å². The molecule has 0 unspecified atom stereocenters. The van der Waals surface area contributed by atoms with Gasteiger partial charge in [0, 0.05) is 13.0 Å². The van der Waals surface area contributed by atoms with Crippen molar-refractivity contribution in [2.45, 2.75) is 18.9 Å². The second kappa shape index (κ2) is 4.59. The fraction of sp³-hybridized carbons (Fsp3) is 0.625. The van der Waals surface area contributed by atoms with E-state index in [1.54, 1.807) is 0 Å². The van der Waals surface area contributed by atoms with Crippen LogP contribution in [0.15, 0.2) is 0 Å². The van der Waals surface area contributed by atoms with Crippen LogP contribution in [0.4, 0.5) is 4.79 Å². The Morgan fingerprint density at radius 3 is 2.93 bits per heavy atom. The minimum Gasteiger partial charge on any atom is -0.453 e. The van der Waals surface area contributed by atoms with E-state index in [4.69, 9.17) is 0 Å². The molecule has 0 aliphatic carbocycles. The van der Waals surface area contributed by atoms with Crippen molar-refractivity contribution in [1.82, 2.24) is 10.6 Å². The third-order valence-corrected chi connectivity index (χ3v) is 1.95. The molecule has 1 rings (SSSR count). The van der Waals surface area contributed by atoms with Crippen LogP contribution in [-0.4, -0.2) is 37.5 Å². The van der Waals surface area contributed by atoms with E-state index in [-0.39, 0.29) is 24.5 Å². The smallest absolute Gasteiger partial charge is 0.407 e. The van der Waals surface area contributed by atoms with Gasteiger partial charge in [0.05, 0.1) is 19.6 Å². The summed E-state index contributed by atoms with van der Waals surface area (Å²) in [6.07, 6.45) is -0.480. The second-order valence-electron chi connectivity index (χ2n) is 2.96. The predicted octanol–water partition coefficient (Wildman–Crippen LogP) is -0.810. The molecular weight excluding hydrogens is 188 g/mol. The Morgan fingerprint density at radius 2 is 2.29 bits per heavy atom. The van der Waals surface area contributed by atoms with E-state index in [9.17, 15) is 14.4 Å². The monoisotopic (exact) mass is 200 g/mol. The number of ether oxygens (including phenoxy) is 1. The molecule has 1 saturated heterocycles. The molecule has 0 saturated carbocycles. The van der Waals surface area contributed by atoms with Gasteiger partial charge in [-0.2, -0.15) is 0 Å². The van der Waals surface area contributed by atoms with Gasteiger partial charge >= 0.3 is 6.09 Å². The summed E-state index contributed by atoms with van der Waals surface area (Å²) in [5, 5.41) is 4.86. The molecule has 6 heteroatoms. The molecule has 78 valence electrons. The summed E-state index contributed by atoms with van der Waals surface area (Å²) in [5.74, 6) is -0.397. The second-order valence-corrected chi connectivity index (χ2v) is 2.96. The first-order valence-electron chi connectivity index (χ1n) is 4.27. The molecule has 0 bridgehead atoms. The summed E-state index contributed by atoms with van der Waals surface area (Å²) in [6, 6.07) is -0.759. The minimum absolute atomic E-state index is 0.0199. The average molecular weight is 200 g/mol. The van der Waals surface area contributed by atoms with Gasteiger partial charge in [0.1, 0.15) is 0 Å². The third-order valence-electron chi connectivity index (χ3n) is 1.95. The summed E-state index contributed by atoms with van der Waals surface area (Å²) >= 11 is 0. The average Bonchev–Trinajstić information content (AvgIpc) is 2.29. The van der Waals surface area contributed by atoms with Crippen LogP contribution in [0.5, 0.6) is 0 Å². The van der Waals surface area contributed by atoms with Gasteiger partial charge in [0.25, 0.3) is 0 Å². The summed E-state index contributed by atoms with van der Waals surface area (Å²) in [7, 11) is 1.20. The van der Waals surface area contributed by atoms with Gasteiger partial charge in [0.15, 0.2) is 5.78 Å². The first-order valence-corrected chi connectivity index (χ1v) is 4.27. The van der Waals surface area contributed by atoms with E-state index >= 15 is 0 Å². The number of alkyl carbamates (subject to hydrolysis) is 1. The summed E-state index contributed by atoms with van der Waals surface area (Å²) in [6.45, 7) is 0.330. The number of rotatable bonds is 1. The molecule has 6 nitrogen and oxygen atoms in total. The van der Waals surface area contributed by atoms with Crippen LogP contribution in [0.25, 0.3) is 0 Å². The number of amides is 2. The van der Waals surface area contributed by atoms with Gasteiger partial charge in [-0.05, 0) is 0 Å². The zero-order chi connectivity index (χ0) is 10.6. The Balaban J connectivity index is 2.58. The highest BCUT2D eigenvalue weighted by molar-refractivity contribution is 5.93. The number of ketones is 1. The summed E-state index contributed by atoms with van der Waals surface area (Å²) in [4.78, 5) is 33.2. The van der Waals surface area contributed by atoms with Crippen molar-refractivity contribution in [3.63, 3.8) is 0 Å². The number of nitrogens with one attached hydrogen (secondary N) is 2. The molecule has 2 N–H and O–H groups in total. The number of carbonyl (C=O) groups excluding carboxylic acids is 3. The van der Waals surface area contributed by atoms with Crippen LogP contribution in [0.2, 0.25) is 0 Å². The molecule has 14 heavy (non-hydrogen) atoms. The van der Waals surface area contributed by atoms with Crippen molar-refractivity contribution < 1.29 is 19.1 Å². The Bertz CT molecular complexity index is 264. The lowest BCUT2D eigenvalue weighted by atomic mass is 10.1. The van der Waals surface area contributed by atoms with Crippen molar-refractivity contribution in [3.05, 3.63) is 0 Å². The molecule has 1 atom stereocenters. The maximum absolute atomic E-state index is 11.3. The quantitative estimate of drug-likeness (QED) is 0.579. The van der Waals surface area contributed by atoms with E-state index in [1.807, 2.05) is 0 Å². The molecule has 0 spiro atoms. The number of hydrogen-bond acceptors (Lipinski definition) is 4. The Kier molecular flexibility index (Phi) is 3.44. The maximum atomic E-state index is 11.3. The van der Waals surface area contributed by atoms with Crippen molar-refractivity contribution in [1.29, 1.82) is 0 Å². The molecule has 0 radical (unpaired) electrons. The fourth-order valence-corrected chi connectivity index (χ4v) is 1.20. The minimum atomic E-state index is -0.759. The molecule has 1 aliphatic rings. The molecule has 1 aliphatic heterocycles. The molecule has 2 amide bonds. The predicted molar refractivity (Wildman–Crippen MR) is 46.6 cm³/mol. The standard InChI is InChI=1S/C8H12N2O4/c1-14-8(13)10-5-4-7(12)9-3-2-6(5)11/h5H,2-4H2,1H3,(H,9,12)(H,10,13)/t5-/m0/s1. The Hall–Kier alpha value is -1.59. The van der Waals surface area contributed by atoms with Crippen LogP contribution in [0, 0.1) is 0 Å². The normalized spacial score (nSPS) is 22.2. The van der Waals surface area contributed by atoms with Crippen LogP contribution >= 0.6 is 0 Å². The number of hydrogen-bond donors (Lipinski definition) is 2. The van der Waals surface area contributed by atoms with Gasteiger partial charge in [-0.25, -0.2) is 4.79 Å². The first kappa shape index (κ1) is 10.5. The number of Topliss-reactive ketones (excluding diaryl/α,β-unsaturated/α-hetero) is 1. The Morgan fingerprint density at radius 1 is 1.57 bits per heavy atom. The van der Waals surface area contributed by atoms with E-state index < -0.39 is 12.1 Å². The summed E-state index contributed by atoms with van der Waals surface area (Å²) in [5.41, 5.74) is 0. The highest BCUT2D eigenvalue weighted by atomic mass is 16.5. The van der Waals surface area contributed by atoms with Crippen LogP contribution < -0.4 is 10.6 Å². The van der Waals surface area contributed by atoms with E-state index in [1.165, 1.54) is 7.11 Å². The van der Waals surface area contributed by atoms with Gasteiger partial charge in [0.2, 0.25) is 5.91 Å². The molecule has 0 aromatic carbocycles. The Labute approximate surface area is 81.0 Å². The van der Waals surface area contributed by atoms with Gasteiger partial charge in [-0.3, -0.25) is 9.59 Å².